The Morgan fingerprint density at radius 2 is 1.88 bits per heavy atom. The zero-order valence-corrected chi connectivity index (χ0v) is 18.1. The Morgan fingerprint density at radius 1 is 1.06 bits per heavy atom. The molecule has 0 unspecified atom stereocenters. The molecule has 1 aromatic heterocycles. The van der Waals surface area contributed by atoms with Gasteiger partial charge in [0, 0.05) is 30.1 Å². The number of esters is 1. The average molecular weight is 434 g/mol. The van der Waals surface area contributed by atoms with Gasteiger partial charge in [0.2, 0.25) is 5.91 Å². The molecular weight excluding hydrogens is 408 g/mol. The van der Waals surface area contributed by atoms with E-state index in [-0.39, 0.29) is 18.5 Å². The third-order valence-corrected chi connectivity index (χ3v) is 6.23. The van der Waals surface area contributed by atoms with Crippen molar-refractivity contribution in [2.45, 2.75) is 31.8 Å². The lowest BCUT2D eigenvalue weighted by Gasteiger charge is -2.26. The van der Waals surface area contributed by atoms with Crippen LogP contribution in [0.3, 0.4) is 0 Å². The Balaban J connectivity index is 1.40. The first-order valence-corrected chi connectivity index (χ1v) is 11.0. The Morgan fingerprint density at radius 3 is 2.72 bits per heavy atom. The van der Waals surface area contributed by atoms with Crippen molar-refractivity contribution < 1.29 is 23.8 Å². The Kier molecular flexibility index (Phi) is 5.47. The maximum Gasteiger partial charge on any atom is 0.340 e. The van der Waals surface area contributed by atoms with Crippen molar-refractivity contribution in [2.75, 3.05) is 26.9 Å². The molecule has 1 atom stereocenters. The third-order valence-electron chi connectivity index (χ3n) is 6.23. The summed E-state index contributed by atoms with van der Waals surface area (Å²) < 4.78 is 18.4. The van der Waals surface area contributed by atoms with Crippen LogP contribution in [0.25, 0.3) is 10.9 Å². The third kappa shape index (κ3) is 3.68. The first kappa shape index (κ1) is 20.4. The SMILES string of the molecule is COC(=O)c1cn(CC(=O)N2CCC[C@@H]2c2ccc3c(c2)OCCCO3)c2ccccc12. The molecule has 5 rings (SSSR count). The van der Waals surface area contributed by atoms with Crippen molar-refractivity contribution >= 4 is 22.8 Å². The number of rotatable bonds is 4. The van der Waals surface area contributed by atoms with Crippen molar-refractivity contribution in [3.05, 3.63) is 59.8 Å². The molecule has 0 saturated carbocycles. The number of likely N-dealkylation sites (tertiary alicyclic amines) is 1. The van der Waals surface area contributed by atoms with Gasteiger partial charge in [-0.1, -0.05) is 24.3 Å². The van der Waals surface area contributed by atoms with E-state index in [9.17, 15) is 9.59 Å². The van der Waals surface area contributed by atoms with Crippen LogP contribution in [0.5, 0.6) is 11.5 Å². The largest absolute Gasteiger partial charge is 0.490 e. The van der Waals surface area contributed by atoms with Gasteiger partial charge in [-0.2, -0.15) is 0 Å². The second kappa shape index (κ2) is 8.57. The van der Waals surface area contributed by atoms with Crippen molar-refractivity contribution in [3.8, 4) is 11.5 Å². The van der Waals surface area contributed by atoms with Crippen LogP contribution in [0, 0.1) is 0 Å². The highest BCUT2D eigenvalue weighted by Gasteiger charge is 2.31. The van der Waals surface area contributed by atoms with Gasteiger partial charge < -0.3 is 23.7 Å². The molecule has 0 radical (unpaired) electrons. The minimum atomic E-state index is -0.404. The van der Waals surface area contributed by atoms with E-state index in [2.05, 4.69) is 0 Å². The van der Waals surface area contributed by atoms with Gasteiger partial charge in [0.15, 0.2) is 11.5 Å². The summed E-state index contributed by atoms with van der Waals surface area (Å²) in [6, 6.07) is 13.6. The monoisotopic (exact) mass is 434 g/mol. The summed E-state index contributed by atoms with van der Waals surface area (Å²) in [6.07, 6.45) is 4.43. The fraction of sp³-hybridized carbons (Fsp3) is 0.360. The summed E-state index contributed by atoms with van der Waals surface area (Å²) in [5.41, 5.74) is 2.37. The van der Waals surface area contributed by atoms with Crippen LogP contribution in [-0.4, -0.2) is 48.2 Å². The Labute approximate surface area is 186 Å². The molecule has 166 valence electrons. The van der Waals surface area contributed by atoms with Crippen molar-refractivity contribution in [1.82, 2.24) is 9.47 Å². The highest BCUT2D eigenvalue weighted by atomic mass is 16.5. The number of para-hydroxylation sites is 1. The number of hydrogen-bond donors (Lipinski definition) is 0. The number of benzene rings is 2. The van der Waals surface area contributed by atoms with Crippen LogP contribution in [0.4, 0.5) is 0 Å². The van der Waals surface area contributed by atoms with E-state index >= 15 is 0 Å². The molecule has 0 N–H and O–H groups in total. The first-order valence-electron chi connectivity index (χ1n) is 11.0. The van der Waals surface area contributed by atoms with Crippen LogP contribution in [0.15, 0.2) is 48.7 Å². The molecule has 0 aliphatic carbocycles. The molecule has 2 aromatic carbocycles. The molecule has 3 heterocycles. The summed E-state index contributed by atoms with van der Waals surface area (Å²) in [4.78, 5) is 27.5. The number of methoxy groups -OCH3 is 1. The van der Waals surface area contributed by atoms with Gasteiger partial charge in [-0.25, -0.2) is 4.79 Å². The zero-order valence-electron chi connectivity index (χ0n) is 18.1. The number of nitrogens with zero attached hydrogens (tertiary/aromatic N) is 2. The molecule has 0 bridgehead atoms. The van der Waals surface area contributed by atoms with E-state index in [1.807, 2.05) is 51.9 Å². The van der Waals surface area contributed by atoms with Crippen LogP contribution < -0.4 is 9.47 Å². The lowest BCUT2D eigenvalue weighted by atomic mass is 10.0. The van der Waals surface area contributed by atoms with Crippen molar-refractivity contribution in [1.29, 1.82) is 0 Å². The second-order valence-corrected chi connectivity index (χ2v) is 8.18. The molecule has 7 heteroatoms. The predicted molar refractivity (Wildman–Crippen MR) is 119 cm³/mol. The molecule has 1 fully saturated rings. The number of fused-ring (bicyclic) bond motifs is 2. The molecule has 0 spiro atoms. The topological polar surface area (TPSA) is 70.0 Å². The van der Waals surface area contributed by atoms with Crippen LogP contribution in [0.1, 0.15) is 41.2 Å². The van der Waals surface area contributed by atoms with Gasteiger partial charge in [0.25, 0.3) is 0 Å². The summed E-state index contributed by atoms with van der Waals surface area (Å²) in [6.45, 7) is 2.16. The second-order valence-electron chi connectivity index (χ2n) is 8.18. The van der Waals surface area contributed by atoms with Gasteiger partial charge >= 0.3 is 5.97 Å². The maximum absolute atomic E-state index is 13.4. The Bertz CT molecular complexity index is 1170. The van der Waals surface area contributed by atoms with E-state index in [0.29, 0.717) is 25.3 Å². The normalized spacial score (nSPS) is 17.9. The molecule has 2 aliphatic rings. The van der Waals surface area contributed by atoms with Crippen molar-refractivity contribution in [2.24, 2.45) is 0 Å². The lowest BCUT2D eigenvalue weighted by Crippen LogP contribution is -2.33. The summed E-state index contributed by atoms with van der Waals surface area (Å²) in [5.74, 6) is 1.13. The summed E-state index contributed by atoms with van der Waals surface area (Å²) in [5, 5.41) is 0.785. The number of amides is 1. The average Bonchev–Trinajstić information content (AvgIpc) is 3.37. The molecule has 32 heavy (non-hydrogen) atoms. The van der Waals surface area contributed by atoms with E-state index in [1.54, 1.807) is 6.20 Å². The fourth-order valence-electron chi connectivity index (χ4n) is 4.69. The molecule has 7 nitrogen and oxygen atoms in total. The van der Waals surface area contributed by atoms with Crippen molar-refractivity contribution in [3.63, 3.8) is 0 Å². The van der Waals surface area contributed by atoms with Gasteiger partial charge in [-0.05, 0) is 36.6 Å². The quantitative estimate of drug-likeness (QED) is 0.582. The minimum Gasteiger partial charge on any atom is -0.490 e. The van der Waals surface area contributed by atoms with E-state index in [4.69, 9.17) is 14.2 Å². The predicted octanol–water partition coefficient (Wildman–Crippen LogP) is 3.95. The standard InChI is InChI=1S/C25H26N2O5/c1-30-25(29)19-15-26(21-7-3-2-6-18(19)21)16-24(28)27-11-4-8-20(27)17-9-10-22-23(14-17)32-13-5-12-31-22/h2-3,6-7,9-10,14-15,20H,4-5,8,11-13,16H2,1H3/t20-/m1/s1. The molecular formula is C25H26N2O5. The van der Waals surface area contributed by atoms with Crippen LogP contribution in [0.2, 0.25) is 0 Å². The molecule has 2 aliphatic heterocycles. The number of aromatic nitrogens is 1. The molecule has 3 aromatic rings. The maximum atomic E-state index is 13.4. The lowest BCUT2D eigenvalue weighted by molar-refractivity contribution is -0.132. The van der Waals surface area contributed by atoms with Gasteiger partial charge in [-0.15, -0.1) is 0 Å². The zero-order chi connectivity index (χ0) is 22.1. The number of carbonyl (C=O) groups excluding carboxylic acids is 2. The molecule has 1 amide bonds. The van der Waals surface area contributed by atoms with Gasteiger partial charge in [0.1, 0.15) is 6.54 Å². The van der Waals surface area contributed by atoms with Gasteiger partial charge in [-0.3, -0.25) is 4.79 Å². The molecule has 1 saturated heterocycles. The number of carbonyl (C=O) groups is 2. The Hall–Kier alpha value is -3.48. The van der Waals surface area contributed by atoms with E-state index < -0.39 is 5.97 Å². The smallest absolute Gasteiger partial charge is 0.340 e. The fourth-order valence-corrected chi connectivity index (χ4v) is 4.69. The first-order chi connectivity index (χ1) is 15.7. The highest BCUT2D eigenvalue weighted by Crippen LogP contribution is 2.38. The van der Waals surface area contributed by atoms with Crippen LogP contribution in [-0.2, 0) is 16.1 Å². The summed E-state index contributed by atoms with van der Waals surface area (Å²) >= 11 is 0. The van der Waals surface area contributed by atoms with Crippen LogP contribution >= 0.6 is 0 Å². The number of hydrogen-bond acceptors (Lipinski definition) is 5. The highest BCUT2D eigenvalue weighted by molar-refractivity contribution is 6.04. The number of ether oxygens (including phenoxy) is 3. The minimum absolute atomic E-state index is 0.00144. The van der Waals surface area contributed by atoms with E-state index in [1.165, 1.54) is 7.11 Å². The van der Waals surface area contributed by atoms with Gasteiger partial charge in [0.05, 0.1) is 31.9 Å². The summed E-state index contributed by atoms with van der Waals surface area (Å²) in [7, 11) is 1.36. The van der Waals surface area contributed by atoms with E-state index in [0.717, 1.165) is 47.2 Å².